The number of aryl methyl sites for hydroxylation is 2. The second-order valence-electron chi connectivity index (χ2n) is 8.27. The van der Waals surface area contributed by atoms with Crippen molar-refractivity contribution in [1.29, 1.82) is 0 Å². The molecule has 2 heterocycles. The zero-order valence-electron chi connectivity index (χ0n) is 20.7. The van der Waals surface area contributed by atoms with Gasteiger partial charge in [0.05, 0.1) is 30.5 Å². The number of halogens is 1. The van der Waals surface area contributed by atoms with Gasteiger partial charge in [-0.25, -0.2) is 14.2 Å². The smallest absolute Gasteiger partial charge is 0.350 e. The number of benzene rings is 2. The Kier molecular flexibility index (Phi) is 7.40. The van der Waals surface area contributed by atoms with Gasteiger partial charge in [0.1, 0.15) is 22.2 Å². The number of hydrogen-bond donors (Lipinski definition) is 1. The fourth-order valence-electron chi connectivity index (χ4n) is 4.03. The van der Waals surface area contributed by atoms with Gasteiger partial charge in [-0.1, -0.05) is 35.6 Å². The average Bonchev–Trinajstić information content (AvgIpc) is 3.38. The van der Waals surface area contributed by atoms with E-state index in [1.54, 1.807) is 45.0 Å². The molecule has 0 radical (unpaired) electrons. The molecule has 3 aromatic rings. The molecule has 1 aliphatic rings. The van der Waals surface area contributed by atoms with E-state index in [1.165, 1.54) is 12.1 Å². The van der Waals surface area contributed by atoms with Gasteiger partial charge in [0.2, 0.25) is 0 Å². The molecule has 37 heavy (non-hydrogen) atoms. The first-order valence-electron chi connectivity index (χ1n) is 11.6. The number of aliphatic hydroxyl groups excluding tert-OH is 1. The number of carbonyl (C=O) groups excluding carboxylic acids is 3. The Balaban J connectivity index is 1.90. The number of esters is 1. The van der Waals surface area contributed by atoms with E-state index in [0.717, 1.165) is 22.3 Å². The van der Waals surface area contributed by atoms with Crippen molar-refractivity contribution in [2.24, 2.45) is 0 Å². The topological polar surface area (TPSA) is 106 Å². The highest BCUT2D eigenvalue weighted by atomic mass is 32.1. The van der Waals surface area contributed by atoms with Crippen LogP contribution in [0.1, 0.15) is 51.9 Å². The number of ketones is 1. The van der Waals surface area contributed by atoms with E-state index in [2.05, 4.69) is 4.98 Å². The molecular weight excluding hydrogens is 499 g/mol. The first-order chi connectivity index (χ1) is 17.7. The molecule has 1 unspecified atom stereocenters. The number of Topliss-reactive ketones (excluding diaryl/α,β-unsaturated/α-hetero) is 1. The summed E-state index contributed by atoms with van der Waals surface area (Å²) in [6, 6.07) is 9.68. The maximum absolute atomic E-state index is 14.3. The van der Waals surface area contributed by atoms with Crippen LogP contribution in [-0.2, 0) is 14.3 Å². The minimum Gasteiger partial charge on any atom is -0.507 e. The molecule has 1 atom stereocenters. The number of rotatable bonds is 7. The Bertz CT molecular complexity index is 1410. The molecule has 1 amide bonds. The van der Waals surface area contributed by atoms with Crippen LogP contribution >= 0.6 is 11.3 Å². The number of thiazole rings is 1. The maximum Gasteiger partial charge on any atom is 0.350 e. The monoisotopic (exact) mass is 524 g/mol. The van der Waals surface area contributed by atoms with Crippen LogP contribution in [0.2, 0.25) is 0 Å². The van der Waals surface area contributed by atoms with E-state index in [9.17, 15) is 23.9 Å². The van der Waals surface area contributed by atoms with Crippen LogP contribution in [0.4, 0.5) is 9.52 Å². The first-order valence-corrected chi connectivity index (χ1v) is 12.4. The molecule has 192 valence electrons. The summed E-state index contributed by atoms with van der Waals surface area (Å²) in [5.41, 5.74) is 1.03. The van der Waals surface area contributed by atoms with Crippen molar-refractivity contribution in [3.8, 4) is 5.75 Å². The third-order valence-electron chi connectivity index (χ3n) is 5.85. The van der Waals surface area contributed by atoms with E-state index in [0.29, 0.717) is 29.2 Å². The lowest BCUT2D eigenvalue weighted by atomic mass is 9.95. The quantitative estimate of drug-likeness (QED) is 0.198. The molecule has 1 N–H and O–H groups in total. The fraction of sp³-hybridized carbons (Fsp3) is 0.259. The molecule has 0 saturated carbocycles. The van der Waals surface area contributed by atoms with Gasteiger partial charge in [-0.15, -0.1) is 0 Å². The largest absolute Gasteiger partial charge is 0.507 e. The van der Waals surface area contributed by atoms with Gasteiger partial charge in [-0.3, -0.25) is 14.5 Å². The van der Waals surface area contributed by atoms with Crippen LogP contribution in [0.25, 0.3) is 5.76 Å². The molecule has 0 spiro atoms. The van der Waals surface area contributed by atoms with E-state index in [1.807, 2.05) is 6.92 Å². The lowest BCUT2D eigenvalue weighted by Gasteiger charge is -2.23. The summed E-state index contributed by atoms with van der Waals surface area (Å²) in [5, 5.41) is 11.3. The van der Waals surface area contributed by atoms with Crippen molar-refractivity contribution in [1.82, 2.24) is 4.98 Å². The van der Waals surface area contributed by atoms with E-state index in [-0.39, 0.29) is 27.8 Å². The van der Waals surface area contributed by atoms with Crippen LogP contribution in [0.5, 0.6) is 5.75 Å². The molecule has 0 aliphatic carbocycles. The Morgan fingerprint density at radius 2 is 1.81 bits per heavy atom. The summed E-state index contributed by atoms with van der Waals surface area (Å²) in [4.78, 5) is 44.7. The molecule has 0 bridgehead atoms. The number of hydrogen-bond acceptors (Lipinski definition) is 8. The molecule has 8 nitrogen and oxygen atoms in total. The average molecular weight is 525 g/mol. The number of amides is 1. The number of nitrogens with zero attached hydrogens (tertiary/aromatic N) is 2. The van der Waals surface area contributed by atoms with Gasteiger partial charge in [0, 0.05) is 5.56 Å². The van der Waals surface area contributed by atoms with E-state index < -0.39 is 35.3 Å². The normalized spacial score (nSPS) is 16.8. The van der Waals surface area contributed by atoms with Gasteiger partial charge >= 0.3 is 11.9 Å². The van der Waals surface area contributed by atoms with Gasteiger partial charge in [0.25, 0.3) is 5.78 Å². The van der Waals surface area contributed by atoms with Gasteiger partial charge in [-0.2, -0.15) is 0 Å². The third-order valence-corrected chi connectivity index (χ3v) is 6.99. The van der Waals surface area contributed by atoms with Gasteiger partial charge in [-0.05, 0) is 57.0 Å². The number of ether oxygens (including phenoxy) is 2. The highest BCUT2D eigenvalue weighted by molar-refractivity contribution is 7.17. The number of aromatic nitrogens is 1. The summed E-state index contributed by atoms with van der Waals surface area (Å²) in [6.07, 6.45) is 0. The molecule has 4 rings (SSSR count). The maximum atomic E-state index is 14.3. The van der Waals surface area contributed by atoms with Crippen LogP contribution in [0, 0.1) is 19.7 Å². The van der Waals surface area contributed by atoms with Crippen LogP contribution < -0.4 is 9.64 Å². The molecule has 1 aromatic heterocycles. The van der Waals surface area contributed by atoms with Crippen molar-refractivity contribution in [2.45, 2.75) is 33.7 Å². The van der Waals surface area contributed by atoms with Gasteiger partial charge in [0.15, 0.2) is 5.13 Å². The van der Waals surface area contributed by atoms with Gasteiger partial charge < -0.3 is 14.6 Å². The minimum atomic E-state index is -1.08. The lowest BCUT2D eigenvalue weighted by Crippen LogP contribution is -2.29. The van der Waals surface area contributed by atoms with Crippen molar-refractivity contribution in [2.75, 3.05) is 18.1 Å². The highest BCUT2D eigenvalue weighted by Crippen LogP contribution is 2.44. The van der Waals surface area contributed by atoms with Crippen molar-refractivity contribution < 1.29 is 33.4 Å². The zero-order valence-corrected chi connectivity index (χ0v) is 21.5. The second-order valence-corrected chi connectivity index (χ2v) is 9.24. The number of anilines is 1. The third kappa shape index (κ3) is 4.84. The van der Waals surface area contributed by atoms with Crippen molar-refractivity contribution in [3.63, 3.8) is 0 Å². The van der Waals surface area contributed by atoms with Crippen molar-refractivity contribution >= 4 is 39.9 Å². The summed E-state index contributed by atoms with van der Waals surface area (Å²) in [5.74, 6) is -2.98. The predicted octanol–water partition coefficient (Wildman–Crippen LogP) is 5.10. The number of carbonyl (C=O) groups is 3. The molecule has 1 aliphatic heterocycles. The lowest BCUT2D eigenvalue weighted by molar-refractivity contribution is -0.132. The fourth-order valence-corrected chi connectivity index (χ4v) is 5.01. The Labute approximate surface area is 217 Å². The summed E-state index contributed by atoms with van der Waals surface area (Å²) in [6.45, 7) is 7.30. The van der Waals surface area contributed by atoms with E-state index in [4.69, 9.17) is 9.47 Å². The summed E-state index contributed by atoms with van der Waals surface area (Å²) < 4.78 is 24.9. The van der Waals surface area contributed by atoms with Crippen LogP contribution in [-0.4, -0.2) is 41.0 Å². The van der Waals surface area contributed by atoms with Crippen LogP contribution in [0.15, 0.2) is 48.0 Å². The molecule has 10 heteroatoms. The first kappa shape index (κ1) is 26.0. The molecular formula is C27H25FN2O6S. The zero-order chi connectivity index (χ0) is 26.9. The summed E-state index contributed by atoms with van der Waals surface area (Å²) >= 11 is 0.913. The standard InChI is InChI=1S/C27H25FN2O6S/c1-5-35-18-11-9-16(10-12-18)21-20(22(31)17-8-7-14(3)19(28)13-17)23(32)25(33)30(21)27-29-15(4)24(37-27)26(34)36-6-2/h7-13,21,31H,5-6H2,1-4H3. The highest BCUT2D eigenvalue weighted by Gasteiger charge is 2.48. The molecule has 1 saturated heterocycles. The molecule has 2 aromatic carbocycles. The Morgan fingerprint density at radius 1 is 1.11 bits per heavy atom. The van der Waals surface area contributed by atoms with Crippen LogP contribution in [0.3, 0.4) is 0 Å². The minimum absolute atomic E-state index is 0.0552. The SMILES string of the molecule is CCOC(=O)c1sc(N2C(=O)C(=O)C(=C(O)c3ccc(C)c(F)c3)C2c2ccc(OCC)cc2)nc1C. The molecule has 1 fully saturated rings. The Hall–Kier alpha value is -4.05. The van der Waals surface area contributed by atoms with Crippen molar-refractivity contribution in [3.05, 3.63) is 81.1 Å². The second kappa shape index (κ2) is 10.5. The Morgan fingerprint density at radius 3 is 2.43 bits per heavy atom. The van der Waals surface area contributed by atoms with E-state index >= 15 is 0 Å². The predicted molar refractivity (Wildman–Crippen MR) is 136 cm³/mol. The number of aliphatic hydroxyl groups is 1. The summed E-state index contributed by atoms with van der Waals surface area (Å²) in [7, 11) is 0.